The Kier molecular flexibility index (Phi) is 2.46. The van der Waals surface area contributed by atoms with E-state index < -0.39 is 22.0 Å². The van der Waals surface area contributed by atoms with Gasteiger partial charge in [-0.2, -0.15) is 4.31 Å². The molecule has 0 aromatic heterocycles. The molecule has 1 aromatic carbocycles. The lowest BCUT2D eigenvalue weighted by atomic mass is 10.1. The van der Waals surface area contributed by atoms with E-state index in [1.165, 1.54) is 4.31 Å². The van der Waals surface area contributed by atoms with Gasteiger partial charge in [0, 0.05) is 13.0 Å². The van der Waals surface area contributed by atoms with Crippen LogP contribution in [0.15, 0.2) is 29.2 Å². The monoisotopic (exact) mass is 267 g/mol. The van der Waals surface area contributed by atoms with Crippen LogP contribution in [0, 0.1) is 6.92 Å². The summed E-state index contributed by atoms with van der Waals surface area (Å²) in [6, 6.07) is 6.03. The van der Waals surface area contributed by atoms with Gasteiger partial charge in [0.2, 0.25) is 10.0 Å². The van der Waals surface area contributed by atoms with E-state index >= 15 is 0 Å². The second-order valence-corrected chi connectivity index (χ2v) is 6.53. The summed E-state index contributed by atoms with van der Waals surface area (Å²) in [5.41, 5.74) is 0.997. The van der Waals surface area contributed by atoms with Gasteiger partial charge in [0.15, 0.2) is 6.04 Å². The van der Waals surface area contributed by atoms with Crippen molar-refractivity contribution in [2.24, 2.45) is 0 Å². The Labute approximate surface area is 105 Å². The minimum atomic E-state index is -3.59. The van der Waals surface area contributed by atoms with E-state index in [2.05, 4.69) is 0 Å². The van der Waals surface area contributed by atoms with Crippen molar-refractivity contribution in [2.75, 3.05) is 6.54 Å². The Hall–Kier alpha value is -1.40. The first-order valence-electron chi connectivity index (χ1n) is 5.79. The fourth-order valence-corrected chi connectivity index (χ4v) is 4.01. The van der Waals surface area contributed by atoms with Gasteiger partial charge >= 0.3 is 5.97 Å². The highest BCUT2D eigenvalue weighted by molar-refractivity contribution is 7.89. The minimum Gasteiger partial charge on any atom is -0.459 e. The van der Waals surface area contributed by atoms with E-state index in [4.69, 9.17) is 4.74 Å². The molecule has 2 heterocycles. The van der Waals surface area contributed by atoms with Crippen LogP contribution in [0.1, 0.15) is 12.0 Å². The summed E-state index contributed by atoms with van der Waals surface area (Å²) in [6.07, 6.45) is 0.333. The Bertz CT molecular complexity index is 593. The maximum Gasteiger partial charge on any atom is 0.328 e. The van der Waals surface area contributed by atoms with Crippen LogP contribution in [0.3, 0.4) is 0 Å². The molecule has 0 N–H and O–H groups in total. The molecule has 5 nitrogen and oxygen atoms in total. The van der Waals surface area contributed by atoms with Crippen molar-refractivity contribution in [1.82, 2.24) is 4.31 Å². The van der Waals surface area contributed by atoms with Crippen molar-refractivity contribution in [2.45, 2.75) is 30.4 Å². The summed E-state index contributed by atoms with van der Waals surface area (Å²) in [6.45, 7) is 2.24. The molecule has 2 unspecified atom stereocenters. The summed E-state index contributed by atoms with van der Waals surface area (Å²) in [5, 5.41) is 0. The van der Waals surface area contributed by atoms with Gasteiger partial charge in [-0.25, -0.2) is 8.42 Å². The molecule has 18 heavy (non-hydrogen) atoms. The molecule has 0 saturated carbocycles. The predicted molar refractivity (Wildman–Crippen MR) is 63.4 cm³/mol. The van der Waals surface area contributed by atoms with Crippen LogP contribution in [0.5, 0.6) is 0 Å². The lowest BCUT2D eigenvalue weighted by Crippen LogP contribution is -2.55. The molecule has 96 valence electrons. The first kappa shape index (κ1) is 11.7. The van der Waals surface area contributed by atoms with Crippen LogP contribution < -0.4 is 0 Å². The molecule has 3 rings (SSSR count). The number of benzene rings is 1. The third kappa shape index (κ3) is 1.56. The van der Waals surface area contributed by atoms with E-state index in [0.717, 1.165) is 5.56 Å². The highest BCUT2D eigenvalue weighted by Crippen LogP contribution is 2.34. The number of carbonyl (C=O) groups is 1. The molecule has 1 aromatic rings. The zero-order chi connectivity index (χ0) is 12.9. The number of ether oxygens (including phenoxy) is 1. The Morgan fingerprint density at radius 3 is 2.56 bits per heavy atom. The molecule has 2 aliphatic rings. The molecule has 2 atom stereocenters. The maximum atomic E-state index is 12.4. The lowest BCUT2D eigenvalue weighted by Gasteiger charge is -2.33. The summed E-state index contributed by atoms with van der Waals surface area (Å²) in [7, 11) is -3.59. The Morgan fingerprint density at radius 1 is 1.28 bits per heavy atom. The number of fused-ring (bicyclic) bond motifs is 1. The molecule has 2 saturated heterocycles. The number of hydrogen-bond acceptors (Lipinski definition) is 4. The third-order valence-corrected chi connectivity index (χ3v) is 5.33. The average Bonchev–Trinajstić information content (AvgIpc) is 2.67. The van der Waals surface area contributed by atoms with Crippen molar-refractivity contribution < 1.29 is 17.9 Å². The second-order valence-electron chi connectivity index (χ2n) is 4.64. The topological polar surface area (TPSA) is 63.7 Å². The van der Waals surface area contributed by atoms with E-state index in [-0.39, 0.29) is 11.0 Å². The number of carbonyl (C=O) groups excluding carboxylic acids is 1. The fourth-order valence-electron chi connectivity index (χ4n) is 2.39. The van der Waals surface area contributed by atoms with Crippen LogP contribution in [-0.2, 0) is 19.6 Å². The van der Waals surface area contributed by atoms with E-state index in [1.54, 1.807) is 24.3 Å². The third-order valence-electron chi connectivity index (χ3n) is 3.43. The number of nitrogens with zero attached hydrogens (tertiary/aromatic N) is 1. The van der Waals surface area contributed by atoms with Crippen LogP contribution >= 0.6 is 0 Å². The number of rotatable bonds is 2. The minimum absolute atomic E-state index is 0.230. The maximum absolute atomic E-state index is 12.4. The van der Waals surface area contributed by atoms with Crippen LogP contribution in [0.2, 0.25) is 0 Å². The smallest absolute Gasteiger partial charge is 0.328 e. The fraction of sp³-hybridized carbons (Fsp3) is 0.417. The standard InChI is InChI=1S/C12H13NO4S/c1-8-2-4-9(5-3-8)18(15,16)13-7-6-10-11(13)12(14)17-10/h2-5,10-11H,6-7H2,1H3. The summed E-state index contributed by atoms with van der Waals surface area (Å²) in [4.78, 5) is 11.6. The molecule has 0 amide bonds. The first-order chi connectivity index (χ1) is 8.50. The van der Waals surface area contributed by atoms with Gasteiger partial charge in [-0.05, 0) is 19.1 Å². The van der Waals surface area contributed by atoms with E-state index in [1.807, 2.05) is 6.92 Å². The van der Waals surface area contributed by atoms with Gasteiger partial charge in [0.25, 0.3) is 0 Å². The van der Waals surface area contributed by atoms with Crippen molar-refractivity contribution in [1.29, 1.82) is 0 Å². The Balaban J connectivity index is 1.95. The van der Waals surface area contributed by atoms with Gasteiger partial charge in [0.1, 0.15) is 6.10 Å². The van der Waals surface area contributed by atoms with Gasteiger partial charge < -0.3 is 4.74 Å². The van der Waals surface area contributed by atoms with Crippen LogP contribution in [-0.4, -0.2) is 37.4 Å². The number of hydrogen-bond donors (Lipinski definition) is 0. The zero-order valence-electron chi connectivity index (χ0n) is 9.87. The molecule has 0 bridgehead atoms. The largest absolute Gasteiger partial charge is 0.459 e. The van der Waals surface area contributed by atoms with Crippen molar-refractivity contribution in [3.8, 4) is 0 Å². The summed E-state index contributed by atoms with van der Waals surface area (Å²) in [5.74, 6) is -0.437. The summed E-state index contributed by atoms with van der Waals surface area (Å²) < 4.78 is 31.0. The van der Waals surface area contributed by atoms with Gasteiger partial charge in [-0.3, -0.25) is 4.79 Å². The molecule has 0 aliphatic carbocycles. The first-order valence-corrected chi connectivity index (χ1v) is 7.23. The molecule has 0 radical (unpaired) electrons. The number of esters is 1. The second kappa shape index (κ2) is 3.80. The Morgan fingerprint density at radius 2 is 1.94 bits per heavy atom. The lowest BCUT2D eigenvalue weighted by molar-refractivity contribution is -0.175. The van der Waals surface area contributed by atoms with E-state index in [0.29, 0.717) is 13.0 Å². The SMILES string of the molecule is Cc1ccc(S(=O)(=O)N2CCC3OC(=O)C32)cc1. The van der Waals surface area contributed by atoms with Gasteiger partial charge in [-0.1, -0.05) is 17.7 Å². The van der Waals surface area contributed by atoms with Crippen LogP contribution in [0.4, 0.5) is 0 Å². The van der Waals surface area contributed by atoms with Crippen molar-refractivity contribution in [3.63, 3.8) is 0 Å². The molecular weight excluding hydrogens is 254 g/mol. The highest BCUT2D eigenvalue weighted by Gasteiger charge is 2.55. The number of sulfonamides is 1. The molecule has 0 spiro atoms. The van der Waals surface area contributed by atoms with Crippen LogP contribution in [0.25, 0.3) is 0 Å². The molecule has 2 aliphatic heterocycles. The molecule has 2 fully saturated rings. The van der Waals surface area contributed by atoms with Gasteiger partial charge in [-0.15, -0.1) is 0 Å². The number of aryl methyl sites for hydroxylation is 1. The molecular formula is C12H13NO4S. The molecule has 6 heteroatoms. The van der Waals surface area contributed by atoms with Gasteiger partial charge in [0.05, 0.1) is 4.90 Å². The zero-order valence-corrected chi connectivity index (χ0v) is 10.7. The van der Waals surface area contributed by atoms with Crippen molar-refractivity contribution >= 4 is 16.0 Å². The average molecular weight is 267 g/mol. The predicted octanol–water partition coefficient (Wildman–Crippen LogP) is 0.683. The quantitative estimate of drug-likeness (QED) is 0.739. The summed E-state index contributed by atoms with van der Waals surface area (Å²) >= 11 is 0. The highest BCUT2D eigenvalue weighted by atomic mass is 32.2. The van der Waals surface area contributed by atoms with E-state index in [9.17, 15) is 13.2 Å². The normalized spacial score (nSPS) is 27.5. The van der Waals surface area contributed by atoms with Crippen molar-refractivity contribution in [3.05, 3.63) is 29.8 Å².